The monoisotopic (exact) mass is 360 g/mol. The van der Waals surface area contributed by atoms with E-state index in [1.54, 1.807) is 28.8 Å². The number of ether oxygens (including phenoxy) is 1. The van der Waals surface area contributed by atoms with Crippen molar-refractivity contribution in [2.24, 2.45) is 5.92 Å². The van der Waals surface area contributed by atoms with Crippen LogP contribution < -0.4 is 4.74 Å². The number of sulfonamides is 1. The molecule has 1 aliphatic rings. The molecule has 3 rings (SSSR count). The molecule has 134 valence electrons. The van der Waals surface area contributed by atoms with Crippen molar-refractivity contribution in [3.05, 3.63) is 54.4 Å². The molecule has 0 saturated carbocycles. The smallest absolute Gasteiger partial charge is 0.243 e. The van der Waals surface area contributed by atoms with Crippen molar-refractivity contribution in [3.8, 4) is 5.75 Å². The number of hydrogen-bond donors (Lipinski definition) is 0. The van der Waals surface area contributed by atoms with Gasteiger partial charge in [-0.3, -0.25) is 4.98 Å². The zero-order chi connectivity index (χ0) is 17.7. The Balaban J connectivity index is 1.65. The summed E-state index contributed by atoms with van der Waals surface area (Å²) in [5.41, 5.74) is 1.14. The van der Waals surface area contributed by atoms with Crippen LogP contribution in [0.3, 0.4) is 0 Å². The lowest BCUT2D eigenvalue weighted by Crippen LogP contribution is -2.41. The molecule has 1 unspecified atom stereocenters. The maximum absolute atomic E-state index is 12.9. The Morgan fingerprint density at radius 3 is 2.56 bits per heavy atom. The lowest BCUT2D eigenvalue weighted by molar-refractivity contribution is 0.180. The van der Waals surface area contributed by atoms with E-state index in [1.807, 2.05) is 24.3 Å². The zero-order valence-corrected chi connectivity index (χ0v) is 15.3. The number of rotatable bonds is 6. The number of aryl methyl sites for hydroxylation is 1. The minimum Gasteiger partial charge on any atom is -0.493 e. The molecule has 0 amide bonds. The first kappa shape index (κ1) is 17.9. The minimum absolute atomic E-state index is 0.201. The molecular weight excluding hydrogens is 336 g/mol. The maximum atomic E-state index is 12.9. The molecule has 6 heteroatoms. The van der Waals surface area contributed by atoms with Crippen molar-refractivity contribution >= 4 is 10.0 Å². The molecule has 1 atom stereocenters. The van der Waals surface area contributed by atoms with Crippen molar-refractivity contribution in [1.82, 2.24) is 9.29 Å². The molecule has 1 aromatic heterocycles. The molecule has 0 bridgehead atoms. The highest BCUT2D eigenvalue weighted by Crippen LogP contribution is 2.24. The average Bonchev–Trinajstić information content (AvgIpc) is 2.67. The van der Waals surface area contributed by atoms with Crippen LogP contribution >= 0.6 is 0 Å². The van der Waals surface area contributed by atoms with E-state index in [0.29, 0.717) is 24.6 Å². The summed E-state index contributed by atoms with van der Waals surface area (Å²) in [6.45, 7) is 3.65. The van der Waals surface area contributed by atoms with Crippen LogP contribution in [0.2, 0.25) is 0 Å². The molecule has 0 spiro atoms. The number of nitrogens with zero attached hydrogens (tertiary/aromatic N) is 2. The zero-order valence-electron chi connectivity index (χ0n) is 14.5. The number of benzene rings is 1. The predicted molar refractivity (Wildman–Crippen MR) is 97.0 cm³/mol. The standard InChI is InChI=1S/C19H24N2O3S/c1-2-16-5-7-19(8-6-16)25(22,23)21-13-3-4-17(14-21)15-24-18-9-11-20-12-10-18/h5-12,17H,2-4,13-15H2,1H3. The minimum atomic E-state index is -3.44. The third kappa shape index (κ3) is 4.38. The molecule has 5 nitrogen and oxygen atoms in total. The van der Waals surface area contributed by atoms with Crippen molar-refractivity contribution < 1.29 is 13.2 Å². The predicted octanol–water partition coefficient (Wildman–Crippen LogP) is 3.12. The first-order valence-corrected chi connectivity index (χ1v) is 10.2. The van der Waals surface area contributed by atoms with Crippen LogP contribution in [-0.2, 0) is 16.4 Å². The van der Waals surface area contributed by atoms with Gasteiger partial charge in [-0.2, -0.15) is 4.31 Å². The van der Waals surface area contributed by atoms with Crippen LogP contribution in [0, 0.1) is 5.92 Å². The van der Waals surface area contributed by atoms with E-state index in [4.69, 9.17) is 4.74 Å². The normalized spacial score (nSPS) is 18.8. The first-order valence-electron chi connectivity index (χ1n) is 8.71. The topological polar surface area (TPSA) is 59.5 Å². The van der Waals surface area contributed by atoms with Gasteiger partial charge in [0.25, 0.3) is 0 Å². The molecule has 1 saturated heterocycles. The summed E-state index contributed by atoms with van der Waals surface area (Å²) in [4.78, 5) is 4.34. The van der Waals surface area contributed by atoms with Gasteiger partial charge >= 0.3 is 0 Å². The SMILES string of the molecule is CCc1ccc(S(=O)(=O)N2CCCC(COc3ccncc3)C2)cc1. The van der Waals surface area contributed by atoms with Crippen LogP contribution in [0.15, 0.2) is 53.7 Å². The van der Waals surface area contributed by atoms with Crippen molar-refractivity contribution in [1.29, 1.82) is 0 Å². The first-order chi connectivity index (χ1) is 12.1. The summed E-state index contributed by atoms with van der Waals surface area (Å²) in [6, 6.07) is 10.8. The van der Waals surface area contributed by atoms with E-state index in [2.05, 4.69) is 11.9 Å². The number of hydrogen-bond acceptors (Lipinski definition) is 4. The summed E-state index contributed by atoms with van der Waals surface area (Å²) in [5.74, 6) is 0.969. The summed E-state index contributed by atoms with van der Waals surface area (Å²) in [6.07, 6.45) is 6.11. The van der Waals surface area contributed by atoms with Gasteiger partial charge in [0.2, 0.25) is 10.0 Å². The second-order valence-electron chi connectivity index (χ2n) is 6.36. The largest absolute Gasteiger partial charge is 0.493 e. The van der Waals surface area contributed by atoms with Crippen molar-refractivity contribution in [2.45, 2.75) is 31.1 Å². The summed E-state index contributed by atoms with van der Waals surface area (Å²) >= 11 is 0. The maximum Gasteiger partial charge on any atom is 0.243 e. The number of pyridine rings is 1. The molecule has 0 radical (unpaired) electrons. The van der Waals surface area contributed by atoms with Crippen LogP contribution in [0.5, 0.6) is 5.75 Å². The van der Waals surface area contributed by atoms with Crippen LogP contribution in [-0.4, -0.2) is 37.4 Å². The second-order valence-corrected chi connectivity index (χ2v) is 8.30. The summed E-state index contributed by atoms with van der Waals surface area (Å²) in [7, 11) is -3.44. The Hall–Kier alpha value is -1.92. The van der Waals surface area contributed by atoms with Crippen LogP contribution in [0.1, 0.15) is 25.3 Å². The van der Waals surface area contributed by atoms with Gasteiger partial charge in [0.15, 0.2) is 0 Å². The second kappa shape index (κ2) is 7.97. The Morgan fingerprint density at radius 1 is 1.16 bits per heavy atom. The Morgan fingerprint density at radius 2 is 1.88 bits per heavy atom. The lowest BCUT2D eigenvalue weighted by Gasteiger charge is -2.31. The van der Waals surface area contributed by atoms with Crippen LogP contribution in [0.25, 0.3) is 0 Å². The molecule has 25 heavy (non-hydrogen) atoms. The molecular formula is C19H24N2O3S. The van der Waals surface area contributed by atoms with Crippen molar-refractivity contribution in [3.63, 3.8) is 0 Å². The Labute approximate surface area is 149 Å². The van der Waals surface area contributed by atoms with Gasteiger partial charge in [0.1, 0.15) is 5.75 Å². The molecule has 2 aromatic rings. The third-order valence-corrected chi connectivity index (χ3v) is 6.47. The Bertz CT molecular complexity index is 776. The van der Waals surface area contributed by atoms with E-state index in [1.165, 1.54) is 0 Å². The van der Waals surface area contributed by atoms with E-state index < -0.39 is 10.0 Å². The van der Waals surface area contributed by atoms with Gasteiger partial charge in [-0.15, -0.1) is 0 Å². The molecule has 2 heterocycles. The van der Waals surface area contributed by atoms with Gasteiger partial charge in [0, 0.05) is 31.4 Å². The number of aromatic nitrogens is 1. The van der Waals surface area contributed by atoms with Gasteiger partial charge in [-0.05, 0) is 49.1 Å². The highest BCUT2D eigenvalue weighted by atomic mass is 32.2. The fourth-order valence-electron chi connectivity index (χ4n) is 3.08. The van der Waals surface area contributed by atoms with Gasteiger partial charge in [0.05, 0.1) is 11.5 Å². The quantitative estimate of drug-likeness (QED) is 0.794. The average molecular weight is 360 g/mol. The molecule has 0 N–H and O–H groups in total. The summed E-state index contributed by atoms with van der Waals surface area (Å²) < 4.78 is 33.1. The van der Waals surface area contributed by atoms with E-state index >= 15 is 0 Å². The van der Waals surface area contributed by atoms with Gasteiger partial charge < -0.3 is 4.74 Å². The van der Waals surface area contributed by atoms with Gasteiger partial charge in [-0.1, -0.05) is 19.1 Å². The van der Waals surface area contributed by atoms with E-state index in [-0.39, 0.29) is 5.92 Å². The number of piperidine rings is 1. The van der Waals surface area contributed by atoms with Crippen LogP contribution in [0.4, 0.5) is 0 Å². The fraction of sp³-hybridized carbons (Fsp3) is 0.421. The Kier molecular flexibility index (Phi) is 5.71. The molecule has 0 aliphatic carbocycles. The van der Waals surface area contributed by atoms with E-state index in [0.717, 1.165) is 30.6 Å². The molecule has 1 aromatic carbocycles. The van der Waals surface area contributed by atoms with Crippen molar-refractivity contribution in [2.75, 3.05) is 19.7 Å². The highest BCUT2D eigenvalue weighted by Gasteiger charge is 2.30. The van der Waals surface area contributed by atoms with Gasteiger partial charge in [-0.25, -0.2) is 8.42 Å². The van der Waals surface area contributed by atoms with E-state index in [9.17, 15) is 8.42 Å². The molecule has 1 fully saturated rings. The lowest BCUT2D eigenvalue weighted by atomic mass is 10.0. The highest BCUT2D eigenvalue weighted by molar-refractivity contribution is 7.89. The summed E-state index contributed by atoms with van der Waals surface area (Å²) in [5, 5.41) is 0. The third-order valence-electron chi connectivity index (χ3n) is 4.59. The fourth-order valence-corrected chi connectivity index (χ4v) is 4.63. The molecule has 1 aliphatic heterocycles.